The zero-order valence-electron chi connectivity index (χ0n) is 15.4. The fourth-order valence-corrected chi connectivity index (χ4v) is 2.57. The summed E-state index contributed by atoms with van der Waals surface area (Å²) in [6, 6.07) is 15.5. The van der Waals surface area contributed by atoms with E-state index in [9.17, 15) is 4.79 Å². The lowest BCUT2D eigenvalue weighted by Crippen LogP contribution is -2.39. The summed E-state index contributed by atoms with van der Waals surface area (Å²) in [5.41, 5.74) is 2.27. The maximum atomic E-state index is 12.5. The molecule has 0 fully saturated rings. The van der Waals surface area contributed by atoms with Gasteiger partial charge in [0.2, 0.25) is 0 Å². The molecule has 0 unspecified atom stereocenters. The molecule has 1 amide bonds. The number of carbonyl (C=O) groups excluding carboxylic acids is 1. The van der Waals surface area contributed by atoms with E-state index in [1.165, 1.54) is 5.56 Å². The fourth-order valence-electron chi connectivity index (χ4n) is 2.57. The van der Waals surface area contributed by atoms with Crippen molar-refractivity contribution < 1.29 is 14.3 Å². The first kappa shape index (κ1) is 18.8. The third-order valence-corrected chi connectivity index (χ3v) is 4.25. The molecule has 0 aliphatic rings. The van der Waals surface area contributed by atoms with Crippen LogP contribution in [0.3, 0.4) is 0 Å². The zero-order chi connectivity index (χ0) is 18.2. The minimum atomic E-state index is -0.506. The van der Waals surface area contributed by atoms with Crippen LogP contribution < -0.4 is 14.8 Å². The summed E-state index contributed by atoms with van der Waals surface area (Å²) in [7, 11) is 1.64. The topological polar surface area (TPSA) is 47.6 Å². The Labute approximate surface area is 150 Å². The first-order valence-electron chi connectivity index (χ1n) is 8.77. The highest BCUT2D eigenvalue weighted by atomic mass is 16.5. The summed E-state index contributed by atoms with van der Waals surface area (Å²) in [5.74, 6) is 1.41. The SMILES string of the molecule is CCc1ccc(O[C@H](CC)C(=O)N[C@H](C)c2ccc(OC)cc2)cc1. The highest BCUT2D eigenvalue weighted by Gasteiger charge is 2.20. The van der Waals surface area contributed by atoms with E-state index in [-0.39, 0.29) is 11.9 Å². The molecule has 25 heavy (non-hydrogen) atoms. The van der Waals surface area contributed by atoms with Gasteiger partial charge in [0.25, 0.3) is 5.91 Å². The van der Waals surface area contributed by atoms with Gasteiger partial charge in [-0.3, -0.25) is 4.79 Å². The van der Waals surface area contributed by atoms with E-state index in [4.69, 9.17) is 9.47 Å². The largest absolute Gasteiger partial charge is 0.497 e. The number of rotatable bonds is 8. The second-order valence-corrected chi connectivity index (χ2v) is 6.02. The van der Waals surface area contributed by atoms with E-state index >= 15 is 0 Å². The summed E-state index contributed by atoms with van der Waals surface area (Å²) in [5, 5.41) is 3.02. The molecule has 2 rings (SSSR count). The van der Waals surface area contributed by atoms with Crippen LogP contribution >= 0.6 is 0 Å². The average Bonchev–Trinajstić information content (AvgIpc) is 2.66. The van der Waals surface area contributed by atoms with Gasteiger partial charge in [-0.05, 0) is 55.2 Å². The molecule has 2 aromatic rings. The van der Waals surface area contributed by atoms with Crippen molar-refractivity contribution in [3.63, 3.8) is 0 Å². The molecule has 0 spiro atoms. The Hall–Kier alpha value is -2.49. The number of benzene rings is 2. The van der Waals surface area contributed by atoms with E-state index in [1.807, 2.05) is 62.4 Å². The Morgan fingerprint density at radius 3 is 2.12 bits per heavy atom. The Kier molecular flexibility index (Phi) is 6.87. The summed E-state index contributed by atoms with van der Waals surface area (Å²) >= 11 is 0. The second kappa shape index (κ2) is 9.11. The van der Waals surface area contributed by atoms with Crippen molar-refractivity contribution in [3.05, 3.63) is 59.7 Å². The van der Waals surface area contributed by atoms with Crippen molar-refractivity contribution in [2.24, 2.45) is 0 Å². The smallest absolute Gasteiger partial charge is 0.261 e. The van der Waals surface area contributed by atoms with Gasteiger partial charge in [-0.2, -0.15) is 0 Å². The van der Waals surface area contributed by atoms with Crippen molar-refractivity contribution >= 4 is 5.91 Å². The van der Waals surface area contributed by atoms with Crippen molar-refractivity contribution in [1.82, 2.24) is 5.32 Å². The summed E-state index contributed by atoms with van der Waals surface area (Å²) in [6.07, 6.45) is 1.08. The standard InChI is InChI=1S/C21H27NO3/c1-5-16-7-11-19(12-8-16)25-20(6-2)21(23)22-15(3)17-9-13-18(24-4)14-10-17/h7-15,20H,5-6H2,1-4H3,(H,22,23)/t15-,20-/m1/s1. The number of amides is 1. The minimum absolute atomic E-state index is 0.0986. The lowest BCUT2D eigenvalue weighted by molar-refractivity contribution is -0.128. The van der Waals surface area contributed by atoms with E-state index in [1.54, 1.807) is 7.11 Å². The Morgan fingerprint density at radius 1 is 1.00 bits per heavy atom. The molecule has 2 aromatic carbocycles. The predicted molar refractivity (Wildman–Crippen MR) is 100 cm³/mol. The maximum absolute atomic E-state index is 12.5. The molecule has 0 saturated heterocycles. The van der Waals surface area contributed by atoms with Gasteiger partial charge >= 0.3 is 0 Å². The molecule has 2 atom stereocenters. The van der Waals surface area contributed by atoms with Crippen LogP contribution in [0.1, 0.15) is 44.4 Å². The quantitative estimate of drug-likeness (QED) is 0.779. The van der Waals surface area contributed by atoms with Crippen molar-refractivity contribution in [2.45, 2.75) is 45.8 Å². The zero-order valence-corrected chi connectivity index (χ0v) is 15.4. The predicted octanol–water partition coefficient (Wildman–Crippen LogP) is 4.29. The van der Waals surface area contributed by atoms with Gasteiger partial charge in [0, 0.05) is 0 Å². The molecule has 0 aliphatic heterocycles. The molecule has 134 valence electrons. The number of hydrogen-bond acceptors (Lipinski definition) is 3. The third-order valence-electron chi connectivity index (χ3n) is 4.25. The van der Waals surface area contributed by atoms with Crippen LogP contribution in [0, 0.1) is 0 Å². The van der Waals surface area contributed by atoms with Crippen LogP contribution in [0.2, 0.25) is 0 Å². The molecule has 0 aliphatic carbocycles. The van der Waals surface area contributed by atoms with Gasteiger partial charge < -0.3 is 14.8 Å². The summed E-state index contributed by atoms with van der Waals surface area (Å²) < 4.78 is 11.0. The third kappa shape index (κ3) is 5.24. The van der Waals surface area contributed by atoms with Gasteiger partial charge in [-0.25, -0.2) is 0 Å². The van der Waals surface area contributed by atoms with Gasteiger partial charge in [0.15, 0.2) is 6.10 Å². The second-order valence-electron chi connectivity index (χ2n) is 6.02. The molecule has 4 heteroatoms. The molecule has 0 saturated carbocycles. The van der Waals surface area contributed by atoms with Crippen LogP contribution in [0.25, 0.3) is 0 Å². The van der Waals surface area contributed by atoms with Crippen LogP contribution in [0.15, 0.2) is 48.5 Å². The molecule has 4 nitrogen and oxygen atoms in total. The van der Waals surface area contributed by atoms with E-state index in [0.29, 0.717) is 6.42 Å². The van der Waals surface area contributed by atoms with E-state index < -0.39 is 6.10 Å². The van der Waals surface area contributed by atoms with Crippen LogP contribution in [-0.4, -0.2) is 19.1 Å². The maximum Gasteiger partial charge on any atom is 0.261 e. The van der Waals surface area contributed by atoms with E-state index in [0.717, 1.165) is 23.5 Å². The average molecular weight is 341 g/mol. The Bertz CT molecular complexity index is 665. The fraction of sp³-hybridized carbons (Fsp3) is 0.381. The highest BCUT2D eigenvalue weighted by Crippen LogP contribution is 2.19. The van der Waals surface area contributed by atoms with E-state index in [2.05, 4.69) is 12.2 Å². The normalized spacial score (nSPS) is 13.0. The van der Waals surface area contributed by atoms with Crippen molar-refractivity contribution in [3.8, 4) is 11.5 Å². The van der Waals surface area contributed by atoms with Gasteiger partial charge in [-0.15, -0.1) is 0 Å². The van der Waals surface area contributed by atoms with Gasteiger partial charge in [-0.1, -0.05) is 38.1 Å². The van der Waals surface area contributed by atoms with Gasteiger partial charge in [0.05, 0.1) is 13.2 Å². The number of ether oxygens (including phenoxy) is 2. The molecule has 0 bridgehead atoms. The number of carbonyl (C=O) groups is 1. The number of aryl methyl sites for hydroxylation is 1. The monoisotopic (exact) mass is 341 g/mol. The Balaban J connectivity index is 1.97. The van der Waals surface area contributed by atoms with Crippen molar-refractivity contribution in [1.29, 1.82) is 0 Å². The Morgan fingerprint density at radius 2 is 1.60 bits per heavy atom. The molecule has 0 aromatic heterocycles. The lowest BCUT2D eigenvalue weighted by Gasteiger charge is -2.21. The highest BCUT2D eigenvalue weighted by molar-refractivity contribution is 5.81. The first-order valence-corrected chi connectivity index (χ1v) is 8.77. The summed E-state index contributed by atoms with van der Waals surface area (Å²) in [6.45, 7) is 6.02. The first-order chi connectivity index (χ1) is 12.1. The van der Waals surface area contributed by atoms with Crippen molar-refractivity contribution in [2.75, 3.05) is 7.11 Å². The molecular weight excluding hydrogens is 314 g/mol. The molecular formula is C21H27NO3. The lowest BCUT2D eigenvalue weighted by atomic mass is 10.1. The minimum Gasteiger partial charge on any atom is -0.497 e. The number of hydrogen-bond donors (Lipinski definition) is 1. The number of nitrogens with one attached hydrogen (secondary N) is 1. The van der Waals surface area contributed by atoms with Crippen LogP contribution in [0.4, 0.5) is 0 Å². The van der Waals surface area contributed by atoms with Gasteiger partial charge in [0.1, 0.15) is 11.5 Å². The molecule has 1 N–H and O–H groups in total. The number of methoxy groups -OCH3 is 1. The molecule has 0 heterocycles. The summed E-state index contributed by atoms with van der Waals surface area (Å²) in [4.78, 5) is 12.5. The molecule has 0 radical (unpaired) electrons. The van der Waals surface area contributed by atoms with Crippen LogP contribution in [-0.2, 0) is 11.2 Å². The van der Waals surface area contributed by atoms with Crippen LogP contribution in [0.5, 0.6) is 11.5 Å².